The Kier molecular flexibility index (Phi) is 5.00. The number of benzene rings is 1. The molecule has 0 saturated heterocycles. The number of hydrogen-bond acceptors (Lipinski definition) is 2. The Labute approximate surface area is 118 Å². The molecule has 1 aromatic carbocycles. The molecule has 0 aliphatic heterocycles. The van der Waals surface area contributed by atoms with Gasteiger partial charge in [-0.15, -0.1) is 0 Å². The Hall–Kier alpha value is -0.860. The summed E-state index contributed by atoms with van der Waals surface area (Å²) in [5.74, 6) is 0.673. The molecule has 3 atom stereocenters. The van der Waals surface area contributed by atoms with Gasteiger partial charge in [0.05, 0.1) is 0 Å². The Morgan fingerprint density at radius 2 is 1.84 bits per heavy atom. The quantitative estimate of drug-likeness (QED) is 0.897. The van der Waals surface area contributed by atoms with Crippen LogP contribution >= 0.6 is 0 Å². The lowest BCUT2D eigenvalue weighted by atomic mass is 9.83. The molecular weight excluding hydrogens is 232 g/mol. The van der Waals surface area contributed by atoms with Crippen molar-refractivity contribution in [2.24, 2.45) is 11.7 Å². The molecule has 19 heavy (non-hydrogen) atoms. The minimum atomic E-state index is 0.470. The highest BCUT2D eigenvalue weighted by atomic mass is 15.2. The summed E-state index contributed by atoms with van der Waals surface area (Å²) in [7, 11) is 2.27. The van der Waals surface area contributed by atoms with Crippen molar-refractivity contribution in [3.63, 3.8) is 0 Å². The lowest BCUT2D eigenvalue weighted by Gasteiger charge is -2.40. The smallest absolute Gasteiger partial charge is 0.0319 e. The van der Waals surface area contributed by atoms with Gasteiger partial charge >= 0.3 is 0 Å². The molecule has 1 aliphatic carbocycles. The van der Waals surface area contributed by atoms with Crippen LogP contribution in [0.5, 0.6) is 0 Å². The van der Waals surface area contributed by atoms with E-state index in [1.165, 1.54) is 36.8 Å². The van der Waals surface area contributed by atoms with Crippen LogP contribution < -0.4 is 5.73 Å². The predicted molar refractivity (Wildman–Crippen MR) is 82.2 cm³/mol. The summed E-state index contributed by atoms with van der Waals surface area (Å²) < 4.78 is 0. The highest BCUT2D eigenvalue weighted by Crippen LogP contribution is 2.32. The van der Waals surface area contributed by atoms with Crippen LogP contribution in [0.1, 0.15) is 49.8 Å². The molecule has 1 aromatic rings. The van der Waals surface area contributed by atoms with Gasteiger partial charge in [0.25, 0.3) is 0 Å². The van der Waals surface area contributed by atoms with Crippen molar-refractivity contribution in [1.82, 2.24) is 4.90 Å². The standard InChI is InChI=1S/C17H28N2/c1-13-8-10-15(11-9-13)14(2)19(3)17-7-5-4-6-16(17)12-18/h8-11,14,16-17H,4-7,12,18H2,1-3H3. The van der Waals surface area contributed by atoms with E-state index in [0.717, 1.165) is 6.54 Å². The molecule has 3 unspecified atom stereocenters. The first kappa shape index (κ1) is 14.5. The Bertz CT molecular complexity index is 385. The van der Waals surface area contributed by atoms with Crippen molar-refractivity contribution in [2.45, 2.75) is 51.6 Å². The Balaban J connectivity index is 2.08. The van der Waals surface area contributed by atoms with Gasteiger partial charge in [-0.3, -0.25) is 4.90 Å². The van der Waals surface area contributed by atoms with Gasteiger partial charge in [-0.25, -0.2) is 0 Å². The van der Waals surface area contributed by atoms with Crippen molar-refractivity contribution in [3.8, 4) is 0 Å². The first-order valence-electron chi connectivity index (χ1n) is 7.62. The summed E-state index contributed by atoms with van der Waals surface area (Å²) in [5, 5.41) is 0. The third kappa shape index (κ3) is 3.37. The van der Waals surface area contributed by atoms with Gasteiger partial charge in [-0.1, -0.05) is 42.7 Å². The highest BCUT2D eigenvalue weighted by molar-refractivity contribution is 5.23. The number of aryl methyl sites for hydroxylation is 1. The predicted octanol–water partition coefficient (Wildman–Crippen LogP) is 3.51. The van der Waals surface area contributed by atoms with Crippen LogP contribution in [0, 0.1) is 12.8 Å². The van der Waals surface area contributed by atoms with Crippen molar-refractivity contribution in [1.29, 1.82) is 0 Å². The van der Waals surface area contributed by atoms with Crippen molar-refractivity contribution >= 4 is 0 Å². The fraction of sp³-hybridized carbons (Fsp3) is 0.647. The average molecular weight is 260 g/mol. The molecule has 0 bridgehead atoms. The lowest BCUT2D eigenvalue weighted by molar-refractivity contribution is 0.0989. The summed E-state index contributed by atoms with van der Waals surface area (Å²) >= 11 is 0. The van der Waals surface area contributed by atoms with Gasteiger partial charge in [0.2, 0.25) is 0 Å². The van der Waals surface area contributed by atoms with Crippen LogP contribution in [0.2, 0.25) is 0 Å². The maximum Gasteiger partial charge on any atom is 0.0319 e. The number of rotatable bonds is 4. The third-order valence-electron chi connectivity index (χ3n) is 4.87. The van der Waals surface area contributed by atoms with E-state index in [-0.39, 0.29) is 0 Å². The topological polar surface area (TPSA) is 29.3 Å². The zero-order valence-corrected chi connectivity index (χ0v) is 12.6. The number of nitrogens with two attached hydrogens (primary N) is 1. The second-order valence-corrected chi connectivity index (χ2v) is 6.10. The molecule has 1 fully saturated rings. The van der Waals surface area contributed by atoms with Crippen molar-refractivity contribution in [2.75, 3.05) is 13.6 Å². The zero-order chi connectivity index (χ0) is 13.8. The van der Waals surface area contributed by atoms with Gasteiger partial charge in [0, 0.05) is 12.1 Å². The van der Waals surface area contributed by atoms with E-state index >= 15 is 0 Å². The van der Waals surface area contributed by atoms with E-state index < -0.39 is 0 Å². The molecule has 0 amide bonds. The van der Waals surface area contributed by atoms with Gasteiger partial charge in [0.1, 0.15) is 0 Å². The van der Waals surface area contributed by atoms with Gasteiger partial charge < -0.3 is 5.73 Å². The normalized spacial score (nSPS) is 25.5. The molecule has 2 rings (SSSR count). The molecule has 0 heterocycles. The molecule has 2 N–H and O–H groups in total. The molecule has 0 aromatic heterocycles. The maximum absolute atomic E-state index is 5.96. The molecule has 0 radical (unpaired) electrons. The highest BCUT2D eigenvalue weighted by Gasteiger charge is 2.29. The van der Waals surface area contributed by atoms with Gasteiger partial charge in [-0.05, 0) is 51.8 Å². The largest absolute Gasteiger partial charge is 0.330 e. The summed E-state index contributed by atoms with van der Waals surface area (Å²) in [6.07, 6.45) is 5.30. The summed E-state index contributed by atoms with van der Waals surface area (Å²) in [4.78, 5) is 2.54. The van der Waals surface area contributed by atoms with Crippen molar-refractivity contribution in [3.05, 3.63) is 35.4 Å². The third-order valence-corrected chi connectivity index (χ3v) is 4.87. The molecule has 2 nitrogen and oxygen atoms in total. The minimum absolute atomic E-state index is 0.470. The summed E-state index contributed by atoms with van der Waals surface area (Å²) in [6, 6.07) is 10.1. The van der Waals surface area contributed by atoms with Gasteiger partial charge in [-0.2, -0.15) is 0 Å². The first-order valence-corrected chi connectivity index (χ1v) is 7.62. The monoisotopic (exact) mass is 260 g/mol. The molecule has 0 spiro atoms. The molecule has 106 valence electrons. The summed E-state index contributed by atoms with van der Waals surface area (Å²) in [5.41, 5.74) is 8.70. The SMILES string of the molecule is Cc1ccc(C(C)N(C)C2CCCCC2CN)cc1. The molecule has 1 saturated carbocycles. The van der Waals surface area contributed by atoms with Crippen LogP contribution in [0.3, 0.4) is 0 Å². The molecule has 2 heteroatoms. The second-order valence-electron chi connectivity index (χ2n) is 6.10. The second kappa shape index (κ2) is 6.53. The van der Waals surface area contributed by atoms with E-state index in [0.29, 0.717) is 18.0 Å². The molecule has 1 aliphatic rings. The van der Waals surface area contributed by atoms with E-state index in [2.05, 4.69) is 50.1 Å². The number of nitrogens with zero attached hydrogens (tertiary/aromatic N) is 1. The molecular formula is C17H28N2. The van der Waals surface area contributed by atoms with Gasteiger partial charge in [0.15, 0.2) is 0 Å². The van der Waals surface area contributed by atoms with Crippen LogP contribution in [-0.4, -0.2) is 24.5 Å². The fourth-order valence-corrected chi connectivity index (χ4v) is 3.37. The lowest BCUT2D eigenvalue weighted by Crippen LogP contribution is -2.44. The van der Waals surface area contributed by atoms with E-state index in [4.69, 9.17) is 5.73 Å². The van der Waals surface area contributed by atoms with E-state index in [1.807, 2.05) is 0 Å². The van der Waals surface area contributed by atoms with Crippen LogP contribution in [-0.2, 0) is 0 Å². The van der Waals surface area contributed by atoms with Crippen LogP contribution in [0.4, 0.5) is 0 Å². The van der Waals surface area contributed by atoms with Crippen molar-refractivity contribution < 1.29 is 0 Å². The Morgan fingerprint density at radius 1 is 1.21 bits per heavy atom. The van der Waals surface area contributed by atoms with E-state index in [9.17, 15) is 0 Å². The van der Waals surface area contributed by atoms with Crippen LogP contribution in [0.15, 0.2) is 24.3 Å². The summed E-state index contributed by atoms with van der Waals surface area (Å²) in [6.45, 7) is 5.28. The average Bonchev–Trinajstić information content (AvgIpc) is 2.46. The number of hydrogen-bond donors (Lipinski definition) is 1. The Morgan fingerprint density at radius 3 is 2.47 bits per heavy atom. The first-order chi connectivity index (χ1) is 9.13. The van der Waals surface area contributed by atoms with E-state index in [1.54, 1.807) is 0 Å². The zero-order valence-electron chi connectivity index (χ0n) is 12.6. The fourth-order valence-electron chi connectivity index (χ4n) is 3.37. The van der Waals surface area contributed by atoms with Crippen LogP contribution in [0.25, 0.3) is 0 Å². The minimum Gasteiger partial charge on any atom is -0.330 e. The maximum atomic E-state index is 5.96.